The maximum absolute atomic E-state index is 12.5. The predicted molar refractivity (Wildman–Crippen MR) is 127 cm³/mol. The van der Waals surface area contributed by atoms with Crippen LogP contribution < -0.4 is 16.2 Å². The molecule has 3 N–H and O–H groups in total. The zero-order chi connectivity index (χ0) is 23.6. The van der Waals surface area contributed by atoms with Crippen LogP contribution in [0.4, 0.5) is 4.79 Å². The number of allylic oxidation sites excluding steroid dienone is 4. The second-order valence-corrected chi connectivity index (χ2v) is 7.34. The Morgan fingerprint density at radius 3 is 2.30 bits per heavy atom. The molecule has 0 saturated carbocycles. The van der Waals surface area contributed by atoms with E-state index in [-0.39, 0.29) is 11.8 Å². The number of carbonyl (C=O) groups is 2. The van der Waals surface area contributed by atoms with E-state index in [4.69, 9.17) is 0 Å². The van der Waals surface area contributed by atoms with Gasteiger partial charge < -0.3 is 10.1 Å². The van der Waals surface area contributed by atoms with Gasteiger partial charge in [0, 0.05) is 13.1 Å². The number of nitrogens with one attached hydrogen (secondary N) is 3. The van der Waals surface area contributed by atoms with Crippen molar-refractivity contribution in [2.45, 2.75) is 60.9 Å². The van der Waals surface area contributed by atoms with E-state index in [2.05, 4.69) is 32.5 Å². The van der Waals surface area contributed by atoms with Gasteiger partial charge in [0.25, 0.3) is 5.91 Å². The Morgan fingerprint density at radius 1 is 1.20 bits per heavy atom. The lowest BCUT2D eigenvalue weighted by Gasteiger charge is -2.29. The van der Waals surface area contributed by atoms with Crippen LogP contribution in [0.2, 0.25) is 0 Å². The average molecular weight is 423 g/mol. The first-order valence-corrected chi connectivity index (χ1v) is 10.5. The molecule has 0 aliphatic heterocycles. The fraction of sp³-hybridized carbons (Fsp3) is 0.609. The van der Waals surface area contributed by atoms with E-state index in [1.807, 2.05) is 78.8 Å². The molecule has 0 heterocycles. The van der Waals surface area contributed by atoms with Crippen LogP contribution in [0.3, 0.4) is 0 Å². The number of ether oxygens (including phenoxy) is 1. The fourth-order valence-corrected chi connectivity index (χ4v) is 2.33. The molecule has 0 aromatic rings. The third kappa shape index (κ3) is 13.7. The summed E-state index contributed by atoms with van der Waals surface area (Å²) in [6.45, 7) is 18.6. The first-order valence-electron chi connectivity index (χ1n) is 10.5. The molecule has 0 aliphatic rings. The van der Waals surface area contributed by atoms with Crippen molar-refractivity contribution < 1.29 is 14.3 Å². The van der Waals surface area contributed by atoms with Gasteiger partial charge in [-0.15, -0.1) is 6.58 Å². The lowest BCUT2D eigenvalue weighted by atomic mass is 9.86. The maximum atomic E-state index is 12.5. The molecule has 0 fully saturated rings. The van der Waals surface area contributed by atoms with Gasteiger partial charge in [-0.1, -0.05) is 52.8 Å². The van der Waals surface area contributed by atoms with Crippen molar-refractivity contribution in [2.75, 3.05) is 20.2 Å². The molecule has 0 radical (unpaired) electrons. The second kappa shape index (κ2) is 17.4. The standard InChI is InChI=1S/C21H36N4O3.C2H6/c1-8-12-17(22-10-3)14-11-13-16(9-2)15-23-25-19(26)18(21(4,5)6)24-20(27)28-7;1-2/h8-9,11-12,14,16,18,23H,2,10,13,15H2,1,3-7H3,(H,24,27)(H,25,26);1-2H3/b12-8-,14-11+,22-17?;. The van der Waals surface area contributed by atoms with E-state index in [9.17, 15) is 9.59 Å². The van der Waals surface area contributed by atoms with Crippen molar-refractivity contribution in [1.29, 1.82) is 0 Å². The van der Waals surface area contributed by atoms with Crippen LogP contribution in [0.15, 0.2) is 42.0 Å². The van der Waals surface area contributed by atoms with Crippen LogP contribution in [0.25, 0.3) is 0 Å². The molecule has 2 atom stereocenters. The van der Waals surface area contributed by atoms with Gasteiger partial charge >= 0.3 is 6.09 Å². The number of methoxy groups -OCH3 is 1. The summed E-state index contributed by atoms with van der Waals surface area (Å²) in [5.41, 5.74) is 6.04. The first-order chi connectivity index (χ1) is 14.2. The van der Waals surface area contributed by atoms with Crippen molar-refractivity contribution in [2.24, 2.45) is 16.3 Å². The molecule has 2 unspecified atom stereocenters. The number of hydrazine groups is 1. The lowest BCUT2D eigenvalue weighted by Crippen LogP contribution is -2.56. The summed E-state index contributed by atoms with van der Waals surface area (Å²) in [5, 5.41) is 2.57. The van der Waals surface area contributed by atoms with E-state index < -0.39 is 17.6 Å². The molecule has 0 rings (SSSR count). The molecule has 30 heavy (non-hydrogen) atoms. The third-order valence-corrected chi connectivity index (χ3v) is 3.89. The smallest absolute Gasteiger partial charge is 0.407 e. The van der Waals surface area contributed by atoms with Gasteiger partial charge in [0.15, 0.2) is 0 Å². The minimum Gasteiger partial charge on any atom is -0.453 e. The number of nitrogens with zero attached hydrogens (tertiary/aromatic N) is 1. The lowest BCUT2D eigenvalue weighted by molar-refractivity contribution is -0.126. The number of alkyl carbamates (subject to hydrolysis) is 1. The average Bonchev–Trinajstić information content (AvgIpc) is 2.71. The van der Waals surface area contributed by atoms with Crippen molar-refractivity contribution in [1.82, 2.24) is 16.2 Å². The van der Waals surface area contributed by atoms with Crippen molar-refractivity contribution in [3.8, 4) is 0 Å². The Kier molecular flexibility index (Phi) is 17.3. The molecule has 0 aromatic carbocycles. The molecule has 7 heteroatoms. The highest BCUT2D eigenvalue weighted by molar-refractivity contribution is 6.03. The van der Waals surface area contributed by atoms with E-state index in [0.29, 0.717) is 6.54 Å². The summed E-state index contributed by atoms with van der Waals surface area (Å²) in [4.78, 5) is 28.3. The number of rotatable bonds is 11. The van der Waals surface area contributed by atoms with Gasteiger partial charge in [0.1, 0.15) is 6.04 Å². The van der Waals surface area contributed by atoms with Crippen LogP contribution in [0.5, 0.6) is 0 Å². The summed E-state index contributed by atoms with van der Waals surface area (Å²) in [6, 6.07) is -0.733. The molecule has 0 bridgehead atoms. The molecule has 0 spiro atoms. The predicted octanol–water partition coefficient (Wildman–Crippen LogP) is 4.19. The molecule has 0 saturated heterocycles. The molecule has 172 valence electrons. The maximum Gasteiger partial charge on any atom is 0.407 e. The number of hydrogen-bond acceptors (Lipinski definition) is 5. The molecule has 2 amide bonds. The highest BCUT2D eigenvalue weighted by Gasteiger charge is 2.33. The van der Waals surface area contributed by atoms with Gasteiger partial charge in [-0.3, -0.25) is 15.2 Å². The molecular weight excluding hydrogens is 380 g/mol. The minimum absolute atomic E-state index is 0.131. The monoisotopic (exact) mass is 422 g/mol. The molecular formula is C23H42N4O3. The molecule has 7 nitrogen and oxygen atoms in total. The normalized spacial score (nSPS) is 13.9. The number of hydrogen-bond donors (Lipinski definition) is 3. The highest BCUT2D eigenvalue weighted by atomic mass is 16.5. The Balaban J connectivity index is 0. The summed E-state index contributed by atoms with van der Waals surface area (Å²) in [5.74, 6) is -0.201. The summed E-state index contributed by atoms with van der Waals surface area (Å²) in [7, 11) is 1.26. The summed E-state index contributed by atoms with van der Waals surface area (Å²) in [6.07, 6.45) is 9.89. The first kappa shape index (κ1) is 29.8. The van der Waals surface area contributed by atoms with E-state index in [0.717, 1.165) is 18.7 Å². The Morgan fingerprint density at radius 2 is 1.83 bits per heavy atom. The van der Waals surface area contributed by atoms with Gasteiger partial charge in [-0.2, -0.15) is 0 Å². The largest absolute Gasteiger partial charge is 0.453 e. The Labute approximate surface area is 183 Å². The van der Waals surface area contributed by atoms with E-state index in [1.165, 1.54) is 7.11 Å². The summed E-state index contributed by atoms with van der Waals surface area (Å²) < 4.78 is 4.60. The Bertz CT molecular complexity index is 590. The van der Waals surface area contributed by atoms with Gasteiger partial charge in [-0.25, -0.2) is 10.2 Å². The van der Waals surface area contributed by atoms with Crippen LogP contribution in [-0.2, 0) is 9.53 Å². The van der Waals surface area contributed by atoms with Gasteiger partial charge in [0.05, 0.1) is 12.8 Å². The number of aliphatic imine (C=N–C) groups is 1. The van der Waals surface area contributed by atoms with Crippen LogP contribution in [0, 0.1) is 11.3 Å². The van der Waals surface area contributed by atoms with Crippen LogP contribution >= 0.6 is 0 Å². The zero-order valence-corrected chi connectivity index (χ0v) is 20.0. The zero-order valence-electron chi connectivity index (χ0n) is 20.0. The third-order valence-electron chi connectivity index (χ3n) is 3.89. The summed E-state index contributed by atoms with van der Waals surface area (Å²) >= 11 is 0. The van der Waals surface area contributed by atoms with Crippen molar-refractivity contribution in [3.63, 3.8) is 0 Å². The molecule has 0 aliphatic carbocycles. The van der Waals surface area contributed by atoms with Crippen LogP contribution in [0.1, 0.15) is 54.9 Å². The van der Waals surface area contributed by atoms with Gasteiger partial charge in [-0.05, 0) is 43.8 Å². The van der Waals surface area contributed by atoms with E-state index >= 15 is 0 Å². The molecule has 0 aromatic heterocycles. The fourth-order valence-electron chi connectivity index (χ4n) is 2.33. The van der Waals surface area contributed by atoms with Crippen LogP contribution in [-0.4, -0.2) is 44.0 Å². The second-order valence-electron chi connectivity index (χ2n) is 7.34. The topological polar surface area (TPSA) is 91.8 Å². The minimum atomic E-state index is -0.733. The highest BCUT2D eigenvalue weighted by Crippen LogP contribution is 2.19. The number of amides is 2. The SMILES string of the molecule is C=CC(C/C=C/C(/C=C\C)=NCC)CNNC(=O)C(NC(=O)OC)C(C)(C)C.CC. The van der Waals surface area contributed by atoms with E-state index in [1.54, 1.807) is 0 Å². The Hall–Kier alpha value is -2.41. The van der Waals surface area contributed by atoms with Crippen molar-refractivity contribution >= 4 is 17.7 Å². The van der Waals surface area contributed by atoms with Gasteiger partial charge in [0.2, 0.25) is 0 Å². The quantitative estimate of drug-likeness (QED) is 0.264. The van der Waals surface area contributed by atoms with Crippen molar-refractivity contribution in [3.05, 3.63) is 37.0 Å². The number of carbonyl (C=O) groups excluding carboxylic acids is 2.